The van der Waals surface area contributed by atoms with Gasteiger partial charge in [-0.2, -0.15) is 5.10 Å². The van der Waals surface area contributed by atoms with Gasteiger partial charge in [0.15, 0.2) is 0 Å². The normalized spacial score (nSPS) is 17.5. The van der Waals surface area contributed by atoms with Gasteiger partial charge < -0.3 is 10.2 Å². The molecular weight excluding hydrogens is 324 g/mol. The Morgan fingerprint density at radius 2 is 2.04 bits per heavy atom. The van der Waals surface area contributed by atoms with Gasteiger partial charge in [0.1, 0.15) is 0 Å². The number of halogens is 1. The van der Waals surface area contributed by atoms with Crippen LogP contribution in [0.3, 0.4) is 0 Å². The fourth-order valence-electron chi connectivity index (χ4n) is 3.28. The van der Waals surface area contributed by atoms with Crippen molar-refractivity contribution in [2.45, 2.75) is 20.3 Å². The molecule has 1 saturated heterocycles. The van der Waals surface area contributed by atoms with Crippen LogP contribution in [0.4, 0.5) is 0 Å². The van der Waals surface area contributed by atoms with E-state index in [1.165, 1.54) is 0 Å². The van der Waals surface area contributed by atoms with E-state index in [2.05, 4.69) is 10.4 Å². The maximum Gasteiger partial charge on any atom is 0.253 e. The van der Waals surface area contributed by atoms with Gasteiger partial charge in [-0.15, -0.1) is 0 Å². The Bertz CT molecular complexity index is 738. The minimum absolute atomic E-state index is 0.103. The third kappa shape index (κ3) is 3.19. The number of nitrogens with one attached hydrogen (secondary N) is 1. The van der Waals surface area contributed by atoms with Crippen molar-refractivity contribution in [2.24, 2.45) is 5.92 Å². The summed E-state index contributed by atoms with van der Waals surface area (Å²) < 4.78 is 1.81. The van der Waals surface area contributed by atoms with Crippen molar-refractivity contribution in [2.75, 3.05) is 26.7 Å². The van der Waals surface area contributed by atoms with Gasteiger partial charge in [-0.1, -0.05) is 11.6 Å². The SMILES string of the molecule is CNC[C@@H]1CCN(C(=O)c2ccc(-n3nc(C)c(Cl)c3C)cc2)C1. The Hall–Kier alpha value is -1.85. The van der Waals surface area contributed by atoms with Crippen LogP contribution in [-0.2, 0) is 0 Å². The lowest BCUT2D eigenvalue weighted by Crippen LogP contribution is -2.30. The van der Waals surface area contributed by atoms with Crippen LogP contribution in [0.25, 0.3) is 5.69 Å². The monoisotopic (exact) mass is 346 g/mol. The van der Waals surface area contributed by atoms with Crippen molar-refractivity contribution in [3.05, 3.63) is 46.2 Å². The molecule has 3 rings (SSSR count). The summed E-state index contributed by atoms with van der Waals surface area (Å²) in [7, 11) is 1.95. The van der Waals surface area contributed by atoms with Crippen molar-refractivity contribution < 1.29 is 4.79 Å². The van der Waals surface area contributed by atoms with E-state index in [4.69, 9.17) is 11.6 Å². The molecule has 2 heterocycles. The lowest BCUT2D eigenvalue weighted by Gasteiger charge is -2.17. The van der Waals surface area contributed by atoms with Crippen LogP contribution in [-0.4, -0.2) is 47.3 Å². The standard InChI is InChI=1S/C18H23ClN4O/c1-12-17(19)13(2)23(21-12)16-6-4-15(5-7-16)18(24)22-9-8-14(11-22)10-20-3/h4-7,14,20H,8-11H2,1-3H3/t14-/m0/s1. The van der Waals surface area contributed by atoms with Gasteiger partial charge in [-0.25, -0.2) is 4.68 Å². The molecule has 1 aliphatic heterocycles. The maximum atomic E-state index is 12.6. The molecule has 128 valence electrons. The van der Waals surface area contributed by atoms with Crippen LogP contribution >= 0.6 is 11.6 Å². The zero-order valence-electron chi connectivity index (χ0n) is 14.3. The van der Waals surface area contributed by atoms with E-state index >= 15 is 0 Å². The van der Waals surface area contributed by atoms with Crippen LogP contribution in [0.1, 0.15) is 28.2 Å². The smallest absolute Gasteiger partial charge is 0.253 e. The molecule has 1 aromatic carbocycles. The number of hydrogen-bond acceptors (Lipinski definition) is 3. The highest BCUT2D eigenvalue weighted by molar-refractivity contribution is 6.31. The number of amides is 1. The fourth-order valence-corrected chi connectivity index (χ4v) is 3.39. The summed E-state index contributed by atoms with van der Waals surface area (Å²) in [4.78, 5) is 14.6. The molecule has 6 heteroatoms. The summed E-state index contributed by atoms with van der Waals surface area (Å²) in [6, 6.07) is 7.58. The van der Waals surface area contributed by atoms with Crippen LogP contribution in [0.15, 0.2) is 24.3 Å². The number of nitrogens with zero attached hydrogens (tertiary/aromatic N) is 3. The molecule has 1 amide bonds. The first kappa shape index (κ1) is 17.0. The second-order valence-electron chi connectivity index (χ2n) is 6.41. The Morgan fingerprint density at radius 1 is 1.33 bits per heavy atom. The predicted molar refractivity (Wildman–Crippen MR) is 96.0 cm³/mol. The van der Waals surface area contributed by atoms with Gasteiger partial charge in [0.25, 0.3) is 5.91 Å². The van der Waals surface area contributed by atoms with E-state index in [-0.39, 0.29) is 5.91 Å². The summed E-state index contributed by atoms with van der Waals surface area (Å²) in [5, 5.41) is 8.32. The summed E-state index contributed by atoms with van der Waals surface area (Å²) in [5.74, 6) is 0.654. The number of hydrogen-bond donors (Lipinski definition) is 1. The molecule has 0 saturated carbocycles. The van der Waals surface area contributed by atoms with Gasteiger partial charge in [0.05, 0.1) is 22.1 Å². The zero-order valence-corrected chi connectivity index (χ0v) is 15.1. The highest BCUT2D eigenvalue weighted by Crippen LogP contribution is 2.23. The number of rotatable bonds is 4. The van der Waals surface area contributed by atoms with Crippen LogP contribution in [0, 0.1) is 19.8 Å². The number of aromatic nitrogens is 2. The molecule has 1 N–H and O–H groups in total. The van der Waals surface area contributed by atoms with Gasteiger partial charge in [-0.05, 0) is 64.0 Å². The third-order valence-electron chi connectivity index (χ3n) is 4.63. The lowest BCUT2D eigenvalue weighted by molar-refractivity contribution is 0.0787. The van der Waals surface area contributed by atoms with Gasteiger partial charge >= 0.3 is 0 Å². The van der Waals surface area contributed by atoms with Crippen LogP contribution in [0.2, 0.25) is 5.02 Å². The van der Waals surface area contributed by atoms with E-state index in [9.17, 15) is 4.79 Å². The summed E-state index contributed by atoms with van der Waals surface area (Å²) in [6.07, 6.45) is 1.06. The molecule has 24 heavy (non-hydrogen) atoms. The topological polar surface area (TPSA) is 50.2 Å². The first-order valence-corrected chi connectivity index (χ1v) is 8.65. The van der Waals surface area contributed by atoms with Gasteiger partial charge in [-0.3, -0.25) is 4.79 Å². The molecule has 0 radical (unpaired) electrons. The number of aryl methyl sites for hydroxylation is 1. The van der Waals surface area contributed by atoms with Crippen molar-refractivity contribution >= 4 is 17.5 Å². The third-order valence-corrected chi connectivity index (χ3v) is 5.17. The second-order valence-corrected chi connectivity index (χ2v) is 6.78. The van der Waals surface area contributed by atoms with Crippen LogP contribution in [0.5, 0.6) is 0 Å². The Labute approximate surface area is 147 Å². The quantitative estimate of drug-likeness (QED) is 0.926. The summed E-state index contributed by atoms with van der Waals surface area (Å²) >= 11 is 6.21. The molecule has 1 aromatic heterocycles. The number of likely N-dealkylation sites (tertiary alicyclic amines) is 1. The van der Waals surface area contributed by atoms with Crippen molar-refractivity contribution in [1.29, 1.82) is 0 Å². The van der Waals surface area contributed by atoms with E-state index < -0.39 is 0 Å². The van der Waals surface area contributed by atoms with Gasteiger partial charge in [0, 0.05) is 18.7 Å². The zero-order chi connectivity index (χ0) is 17.3. The molecule has 0 spiro atoms. The first-order chi connectivity index (χ1) is 11.5. The van der Waals surface area contributed by atoms with E-state index in [0.717, 1.165) is 48.7 Å². The molecule has 2 aromatic rings. The molecule has 0 unspecified atom stereocenters. The van der Waals surface area contributed by atoms with Crippen molar-refractivity contribution in [1.82, 2.24) is 20.0 Å². The molecule has 1 aliphatic rings. The minimum atomic E-state index is 0.103. The first-order valence-electron chi connectivity index (χ1n) is 8.27. The van der Waals surface area contributed by atoms with E-state index in [0.29, 0.717) is 10.9 Å². The van der Waals surface area contributed by atoms with E-state index in [1.54, 1.807) is 0 Å². The average molecular weight is 347 g/mol. The van der Waals surface area contributed by atoms with Crippen LogP contribution < -0.4 is 5.32 Å². The number of carbonyl (C=O) groups is 1. The summed E-state index contributed by atoms with van der Waals surface area (Å²) in [5.41, 5.74) is 3.34. The average Bonchev–Trinajstić information content (AvgIpc) is 3.15. The Kier molecular flexibility index (Phi) is 4.92. The lowest BCUT2D eigenvalue weighted by atomic mass is 10.1. The molecule has 0 bridgehead atoms. The predicted octanol–water partition coefficient (Wildman–Crippen LogP) is 2.82. The molecular formula is C18H23ClN4O. The van der Waals surface area contributed by atoms with Gasteiger partial charge in [0.2, 0.25) is 0 Å². The van der Waals surface area contributed by atoms with E-state index in [1.807, 2.05) is 54.7 Å². The molecule has 1 fully saturated rings. The number of benzene rings is 1. The minimum Gasteiger partial charge on any atom is -0.338 e. The Morgan fingerprint density at radius 3 is 2.62 bits per heavy atom. The van der Waals surface area contributed by atoms with Crippen molar-refractivity contribution in [3.8, 4) is 5.69 Å². The fraction of sp³-hybridized carbons (Fsp3) is 0.444. The van der Waals surface area contributed by atoms with Crippen molar-refractivity contribution in [3.63, 3.8) is 0 Å². The molecule has 1 atom stereocenters. The largest absolute Gasteiger partial charge is 0.338 e. The highest BCUT2D eigenvalue weighted by atomic mass is 35.5. The second kappa shape index (κ2) is 6.95. The number of carbonyl (C=O) groups excluding carboxylic acids is 1. The summed E-state index contributed by atoms with van der Waals surface area (Å²) in [6.45, 7) is 6.45. The maximum absolute atomic E-state index is 12.6. The molecule has 0 aliphatic carbocycles. The highest BCUT2D eigenvalue weighted by Gasteiger charge is 2.26. The Balaban J connectivity index is 1.75. The molecule has 5 nitrogen and oxygen atoms in total.